The number of methoxy groups -OCH3 is 1. The third kappa shape index (κ3) is 5.15. The molecule has 1 unspecified atom stereocenters. The number of rotatable bonds is 8. The molecule has 1 heterocycles. The van der Waals surface area contributed by atoms with Crippen LogP contribution in [0.3, 0.4) is 0 Å². The molecule has 0 amide bonds. The van der Waals surface area contributed by atoms with E-state index in [0.29, 0.717) is 11.3 Å². The zero-order valence-corrected chi connectivity index (χ0v) is 27.1. The van der Waals surface area contributed by atoms with Gasteiger partial charge in [-0.2, -0.15) is 0 Å². The molecule has 42 heavy (non-hydrogen) atoms. The molecule has 10 atom stereocenters. The number of para-hydroxylation sites is 1. The fourth-order valence-electron chi connectivity index (χ4n) is 10.9. The van der Waals surface area contributed by atoms with Gasteiger partial charge in [-0.05, 0) is 124 Å². The predicted molar refractivity (Wildman–Crippen MR) is 165 cm³/mol. The van der Waals surface area contributed by atoms with Gasteiger partial charge in [0.05, 0.1) is 13.2 Å². The average Bonchev–Trinajstić information content (AvgIpc) is 3.47. The highest BCUT2D eigenvalue weighted by Gasteiger charge is 2.61. The van der Waals surface area contributed by atoms with Crippen molar-refractivity contribution in [1.29, 1.82) is 0 Å². The van der Waals surface area contributed by atoms with E-state index in [2.05, 4.69) is 40.7 Å². The molecule has 4 aliphatic carbocycles. The molecule has 1 aromatic carbocycles. The van der Waals surface area contributed by atoms with Crippen molar-refractivity contribution in [2.45, 2.75) is 130 Å². The summed E-state index contributed by atoms with van der Waals surface area (Å²) < 4.78 is 24.2. The van der Waals surface area contributed by atoms with Crippen molar-refractivity contribution in [1.82, 2.24) is 0 Å². The van der Waals surface area contributed by atoms with Gasteiger partial charge >= 0.3 is 5.97 Å². The number of hydrogen-bond donors (Lipinski definition) is 0. The second kappa shape index (κ2) is 11.3. The third-order valence-electron chi connectivity index (χ3n) is 12.6. The number of hydrogen-bond acceptors (Lipinski definition) is 5. The molecule has 5 nitrogen and oxygen atoms in total. The highest BCUT2D eigenvalue weighted by molar-refractivity contribution is 5.66. The van der Waals surface area contributed by atoms with Crippen LogP contribution in [0.25, 0.3) is 0 Å². The number of esters is 1. The Morgan fingerprint density at radius 1 is 1.00 bits per heavy atom. The van der Waals surface area contributed by atoms with E-state index in [-0.39, 0.29) is 29.7 Å². The molecular formula is C37H54O5. The molecule has 0 bridgehead atoms. The maximum absolute atomic E-state index is 12.0. The van der Waals surface area contributed by atoms with Gasteiger partial charge < -0.3 is 18.9 Å². The summed E-state index contributed by atoms with van der Waals surface area (Å²) in [7, 11) is 1.68. The first-order valence-electron chi connectivity index (χ1n) is 16.8. The Kier molecular flexibility index (Phi) is 8.09. The Hall–Kier alpha value is -1.85. The molecule has 232 valence electrons. The summed E-state index contributed by atoms with van der Waals surface area (Å²) >= 11 is 0. The molecule has 1 aromatic rings. The first-order valence-corrected chi connectivity index (χ1v) is 16.8. The van der Waals surface area contributed by atoms with Crippen LogP contribution in [0.15, 0.2) is 35.9 Å². The quantitative estimate of drug-likeness (QED) is 0.228. The third-order valence-corrected chi connectivity index (χ3v) is 12.6. The smallest absolute Gasteiger partial charge is 0.303 e. The van der Waals surface area contributed by atoms with Crippen molar-refractivity contribution >= 4 is 5.97 Å². The molecule has 1 saturated heterocycles. The van der Waals surface area contributed by atoms with Crippen LogP contribution in [0.4, 0.5) is 0 Å². The van der Waals surface area contributed by atoms with Crippen LogP contribution >= 0.6 is 0 Å². The summed E-state index contributed by atoms with van der Waals surface area (Å²) in [5.41, 5.74) is 3.21. The molecule has 0 radical (unpaired) electrons. The molecule has 4 fully saturated rings. The Balaban J connectivity index is 1.12. The summed E-state index contributed by atoms with van der Waals surface area (Å²) in [6, 6.07) is 7.94. The number of carbonyl (C=O) groups is 1. The van der Waals surface area contributed by atoms with Gasteiger partial charge in [0.2, 0.25) is 0 Å². The maximum atomic E-state index is 12.0. The average molecular weight is 579 g/mol. The maximum Gasteiger partial charge on any atom is 0.303 e. The van der Waals surface area contributed by atoms with Gasteiger partial charge in [-0.15, -0.1) is 0 Å². The molecule has 5 aliphatic rings. The minimum atomic E-state index is -0.469. The molecule has 5 heteroatoms. The van der Waals surface area contributed by atoms with Crippen LogP contribution in [0.5, 0.6) is 5.75 Å². The van der Waals surface area contributed by atoms with Crippen molar-refractivity contribution in [3.05, 3.63) is 41.5 Å². The van der Waals surface area contributed by atoms with Crippen LogP contribution in [0, 0.1) is 40.4 Å². The molecule has 0 spiro atoms. The Morgan fingerprint density at radius 2 is 1.79 bits per heavy atom. The lowest BCUT2D eigenvalue weighted by atomic mass is 9.46. The van der Waals surface area contributed by atoms with Crippen LogP contribution < -0.4 is 4.74 Å². The fourth-order valence-corrected chi connectivity index (χ4v) is 10.9. The second-order valence-corrected chi connectivity index (χ2v) is 15.3. The molecule has 0 aromatic heterocycles. The second-order valence-electron chi connectivity index (χ2n) is 15.3. The van der Waals surface area contributed by atoms with E-state index in [1.807, 2.05) is 24.3 Å². The van der Waals surface area contributed by atoms with Gasteiger partial charge in [-0.25, -0.2) is 0 Å². The zero-order valence-electron chi connectivity index (χ0n) is 27.1. The lowest BCUT2D eigenvalue weighted by molar-refractivity contribution is -0.147. The van der Waals surface area contributed by atoms with E-state index in [1.54, 1.807) is 12.7 Å². The van der Waals surface area contributed by atoms with Gasteiger partial charge in [-0.1, -0.05) is 51.5 Å². The monoisotopic (exact) mass is 578 g/mol. The summed E-state index contributed by atoms with van der Waals surface area (Å²) in [6.45, 7) is 13.4. The van der Waals surface area contributed by atoms with Crippen LogP contribution in [0.1, 0.15) is 117 Å². The van der Waals surface area contributed by atoms with Gasteiger partial charge in [-0.3, -0.25) is 4.79 Å². The number of allylic oxidation sites excluding steroid dienone is 1. The summed E-state index contributed by atoms with van der Waals surface area (Å²) in [4.78, 5) is 12.0. The first-order chi connectivity index (χ1) is 20.0. The highest BCUT2D eigenvalue weighted by Crippen LogP contribution is 2.68. The predicted octanol–water partition coefficient (Wildman–Crippen LogP) is 8.81. The van der Waals surface area contributed by atoms with Crippen LogP contribution in [-0.4, -0.2) is 31.1 Å². The lowest BCUT2D eigenvalue weighted by Gasteiger charge is -2.59. The van der Waals surface area contributed by atoms with E-state index in [0.717, 1.165) is 54.2 Å². The van der Waals surface area contributed by atoms with Gasteiger partial charge in [0.15, 0.2) is 5.79 Å². The summed E-state index contributed by atoms with van der Waals surface area (Å²) in [5.74, 6) is 3.90. The minimum absolute atomic E-state index is 0.149. The van der Waals surface area contributed by atoms with Crippen molar-refractivity contribution in [2.75, 3.05) is 7.11 Å². The molecule has 6 rings (SSSR count). The summed E-state index contributed by atoms with van der Waals surface area (Å²) in [6.07, 6.45) is 14.8. The van der Waals surface area contributed by atoms with Crippen molar-refractivity contribution in [3.8, 4) is 5.75 Å². The van der Waals surface area contributed by atoms with Crippen molar-refractivity contribution < 1.29 is 23.7 Å². The fraction of sp³-hybridized carbons (Fsp3) is 0.757. The Bertz CT molecular complexity index is 1190. The standard InChI is InChI=1S/C37H54O5/c1-23(11-10-14-32(40-24(2)38)26-12-8-9-13-31(26)39-7)27-17-18-28-25-15-16-30-34-33(41-35(3,4)42-34)20-22-37(30,6)29(25)19-21-36(27,28)5/h8-9,12-13,16,23,25,27-29,32-34H,10-11,14-15,17-22H2,1-7H3/t23-,25+,27-,28+,29+,32?,33+,34-,36-,37-/m1/s1. The van der Waals surface area contributed by atoms with E-state index in [1.165, 1.54) is 51.9 Å². The van der Waals surface area contributed by atoms with E-state index < -0.39 is 5.79 Å². The van der Waals surface area contributed by atoms with Gasteiger partial charge in [0.1, 0.15) is 18.0 Å². The summed E-state index contributed by atoms with van der Waals surface area (Å²) in [5, 5.41) is 0. The topological polar surface area (TPSA) is 54.0 Å². The molecule has 0 N–H and O–H groups in total. The van der Waals surface area contributed by atoms with Crippen LogP contribution in [-0.2, 0) is 19.0 Å². The minimum Gasteiger partial charge on any atom is -0.496 e. The van der Waals surface area contributed by atoms with E-state index in [4.69, 9.17) is 18.9 Å². The zero-order chi connectivity index (χ0) is 29.9. The molecule has 1 aliphatic heterocycles. The van der Waals surface area contributed by atoms with Crippen molar-refractivity contribution in [2.24, 2.45) is 40.4 Å². The van der Waals surface area contributed by atoms with E-state index in [9.17, 15) is 4.79 Å². The normalized spacial score (nSPS) is 39.6. The van der Waals surface area contributed by atoms with Crippen LogP contribution in [0.2, 0.25) is 0 Å². The van der Waals surface area contributed by atoms with Crippen molar-refractivity contribution in [3.63, 3.8) is 0 Å². The molecular weight excluding hydrogens is 524 g/mol. The number of carbonyl (C=O) groups excluding carboxylic acids is 1. The first kappa shape index (κ1) is 30.2. The Morgan fingerprint density at radius 3 is 2.55 bits per heavy atom. The Labute approximate surface area is 254 Å². The lowest BCUT2D eigenvalue weighted by Crippen LogP contribution is -2.53. The molecule has 3 saturated carbocycles. The number of benzene rings is 1. The van der Waals surface area contributed by atoms with Gasteiger partial charge in [0, 0.05) is 12.5 Å². The number of ether oxygens (including phenoxy) is 4. The largest absolute Gasteiger partial charge is 0.496 e. The van der Waals surface area contributed by atoms with Gasteiger partial charge in [0.25, 0.3) is 0 Å². The van der Waals surface area contributed by atoms with E-state index >= 15 is 0 Å². The number of fused-ring (bicyclic) bond motifs is 7. The highest BCUT2D eigenvalue weighted by atomic mass is 16.8. The SMILES string of the molecule is COc1ccccc1C(CCC[C@@H](C)[C@H]1CC[C@H]2[C@@H]3CC=C4[C@H]5OC(C)(C)O[C@H]5CC[C@]4(C)[C@H]3CC[C@]12C)OC(C)=O.